The molecule has 0 bridgehead atoms. The van der Waals surface area contributed by atoms with Crippen LogP contribution in [-0.2, 0) is 0 Å². The van der Waals surface area contributed by atoms with Gasteiger partial charge < -0.3 is 4.57 Å². The topological polar surface area (TPSA) is 34.9 Å². The number of aromatic nitrogens is 2. The molecule has 1 fully saturated rings. The minimum atomic E-state index is 0.408. The van der Waals surface area contributed by atoms with Crippen LogP contribution in [0.3, 0.4) is 0 Å². The van der Waals surface area contributed by atoms with E-state index in [0.717, 1.165) is 12.7 Å². The number of nitrogens with zero attached hydrogens (tertiary/aromatic N) is 2. The molecule has 0 spiro atoms. The minimum absolute atomic E-state index is 0.408. The third-order valence-electron chi connectivity index (χ3n) is 3.16. The highest BCUT2D eigenvalue weighted by atomic mass is 16.1. The van der Waals surface area contributed by atoms with Gasteiger partial charge in [-0.3, -0.25) is 4.79 Å². The average Bonchev–Trinajstić information content (AvgIpc) is 3.00. The molecule has 0 amide bonds. The van der Waals surface area contributed by atoms with Crippen molar-refractivity contribution < 1.29 is 4.79 Å². The number of hydrogen-bond donors (Lipinski definition) is 0. The molecule has 1 saturated carbocycles. The van der Waals surface area contributed by atoms with Crippen molar-refractivity contribution in [2.24, 2.45) is 0 Å². The minimum Gasteiger partial charge on any atom is -0.325 e. The summed E-state index contributed by atoms with van der Waals surface area (Å²) in [7, 11) is 0. The van der Waals surface area contributed by atoms with Crippen molar-refractivity contribution in [3.05, 3.63) is 54.1 Å². The summed E-state index contributed by atoms with van der Waals surface area (Å²) in [6, 6.07) is 10.8. The van der Waals surface area contributed by atoms with Gasteiger partial charge in [-0.2, -0.15) is 0 Å². The van der Waals surface area contributed by atoms with Crippen LogP contribution >= 0.6 is 0 Å². The molecule has 2 atom stereocenters. The molecule has 80 valence electrons. The highest BCUT2D eigenvalue weighted by Crippen LogP contribution is 2.51. The Balaban J connectivity index is 1.84. The van der Waals surface area contributed by atoms with Gasteiger partial charge in [0.05, 0.1) is 12.5 Å². The second kappa shape index (κ2) is 3.59. The lowest BCUT2D eigenvalue weighted by Crippen LogP contribution is -1.99. The number of hydrogen-bond acceptors (Lipinski definition) is 2. The fourth-order valence-corrected chi connectivity index (χ4v) is 2.23. The van der Waals surface area contributed by atoms with Crippen LogP contribution < -0.4 is 0 Å². The summed E-state index contributed by atoms with van der Waals surface area (Å²) in [5.41, 5.74) is 2.02. The van der Waals surface area contributed by atoms with Gasteiger partial charge in [0, 0.05) is 12.0 Å². The first-order chi connectivity index (χ1) is 7.90. The smallest absolute Gasteiger partial charge is 0.168 e. The molecule has 1 aromatic heterocycles. The van der Waals surface area contributed by atoms with Gasteiger partial charge in [0.15, 0.2) is 6.29 Å². The summed E-state index contributed by atoms with van der Waals surface area (Å²) in [5.74, 6) is 0.536. The Kier molecular flexibility index (Phi) is 2.10. The molecule has 1 aliphatic rings. The van der Waals surface area contributed by atoms with Crippen molar-refractivity contribution in [2.75, 3.05) is 0 Å². The summed E-state index contributed by atoms with van der Waals surface area (Å²) in [6.07, 6.45) is 5.33. The second-order valence-electron chi connectivity index (χ2n) is 4.16. The summed E-state index contributed by atoms with van der Waals surface area (Å²) < 4.78 is 1.98. The van der Waals surface area contributed by atoms with Gasteiger partial charge in [-0.25, -0.2) is 4.98 Å². The fraction of sp³-hybridized carbons (Fsp3) is 0.231. The average molecular weight is 212 g/mol. The second-order valence-corrected chi connectivity index (χ2v) is 4.16. The van der Waals surface area contributed by atoms with Crippen LogP contribution in [0, 0.1) is 0 Å². The molecule has 16 heavy (non-hydrogen) atoms. The normalized spacial score (nSPS) is 23.0. The first kappa shape index (κ1) is 9.33. The van der Waals surface area contributed by atoms with E-state index in [-0.39, 0.29) is 0 Å². The van der Waals surface area contributed by atoms with E-state index in [9.17, 15) is 4.79 Å². The van der Waals surface area contributed by atoms with Crippen LogP contribution in [0.5, 0.6) is 0 Å². The van der Waals surface area contributed by atoms with Gasteiger partial charge in [0.2, 0.25) is 0 Å². The molecule has 2 aromatic rings. The van der Waals surface area contributed by atoms with E-state index in [0.29, 0.717) is 17.7 Å². The maximum Gasteiger partial charge on any atom is 0.168 e. The van der Waals surface area contributed by atoms with Gasteiger partial charge in [-0.1, -0.05) is 30.3 Å². The van der Waals surface area contributed by atoms with E-state index in [4.69, 9.17) is 0 Å². The Labute approximate surface area is 93.7 Å². The summed E-state index contributed by atoms with van der Waals surface area (Å²) >= 11 is 0. The van der Waals surface area contributed by atoms with E-state index >= 15 is 0 Å². The highest BCUT2D eigenvalue weighted by Gasteiger charge is 2.40. The lowest BCUT2D eigenvalue weighted by atomic mass is 10.1. The van der Waals surface area contributed by atoms with Crippen molar-refractivity contribution in [2.45, 2.75) is 18.4 Å². The van der Waals surface area contributed by atoms with E-state index < -0.39 is 0 Å². The SMILES string of the molecule is O=Cc1cncn1C1CC1c1ccccc1. The molecule has 3 rings (SSSR count). The molecular weight excluding hydrogens is 200 g/mol. The molecule has 2 unspecified atom stereocenters. The Morgan fingerprint density at radius 1 is 1.31 bits per heavy atom. The summed E-state index contributed by atoms with van der Waals surface area (Å²) in [5, 5.41) is 0. The molecule has 0 N–H and O–H groups in total. The zero-order valence-electron chi connectivity index (χ0n) is 8.78. The van der Waals surface area contributed by atoms with Crippen molar-refractivity contribution >= 4 is 6.29 Å². The Hall–Kier alpha value is -1.90. The number of aldehydes is 1. The number of carbonyl (C=O) groups excluding carboxylic acids is 1. The zero-order valence-corrected chi connectivity index (χ0v) is 8.78. The maximum absolute atomic E-state index is 10.8. The van der Waals surface area contributed by atoms with Crippen LogP contribution in [0.15, 0.2) is 42.9 Å². The van der Waals surface area contributed by atoms with Crippen LogP contribution in [0.2, 0.25) is 0 Å². The molecule has 3 heteroatoms. The van der Waals surface area contributed by atoms with Crippen LogP contribution in [0.25, 0.3) is 0 Å². The first-order valence-corrected chi connectivity index (χ1v) is 5.42. The highest BCUT2D eigenvalue weighted by molar-refractivity contribution is 5.71. The molecular formula is C13H12N2O. The van der Waals surface area contributed by atoms with Crippen molar-refractivity contribution in [1.29, 1.82) is 0 Å². The summed E-state index contributed by atoms with van der Waals surface area (Å²) in [4.78, 5) is 14.8. The Morgan fingerprint density at radius 2 is 2.12 bits per heavy atom. The molecule has 1 aliphatic carbocycles. The molecule has 3 nitrogen and oxygen atoms in total. The largest absolute Gasteiger partial charge is 0.325 e. The Bertz CT molecular complexity index is 504. The molecule has 1 aromatic carbocycles. The van der Waals surface area contributed by atoms with Crippen molar-refractivity contribution in [3.8, 4) is 0 Å². The maximum atomic E-state index is 10.8. The lowest BCUT2D eigenvalue weighted by Gasteiger charge is -2.03. The third kappa shape index (κ3) is 1.45. The lowest BCUT2D eigenvalue weighted by molar-refractivity contribution is 0.111. The molecule has 0 saturated heterocycles. The Morgan fingerprint density at radius 3 is 2.88 bits per heavy atom. The zero-order chi connectivity index (χ0) is 11.0. The first-order valence-electron chi connectivity index (χ1n) is 5.42. The van der Waals surface area contributed by atoms with E-state index in [1.807, 2.05) is 10.6 Å². The van der Waals surface area contributed by atoms with E-state index in [1.165, 1.54) is 5.56 Å². The number of benzene rings is 1. The van der Waals surface area contributed by atoms with Crippen molar-refractivity contribution in [3.63, 3.8) is 0 Å². The van der Waals surface area contributed by atoms with Crippen molar-refractivity contribution in [1.82, 2.24) is 9.55 Å². The molecule has 0 aliphatic heterocycles. The fourth-order valence-electron chi connectivity index (χ4n) is 2.23. The van der Waals surface area contributed by atoms with Crippen LogP contribution in [-0.4, -0.2) is 15.8 Å². The van der Waals surface area contributed by atoms with E-state index in [2.05, 4.69) is 29.2 Å². The third-order valence-corrected chi connectivity index (χ3v) is 3.16. The monoisotopic (exact) mass is 212 g/mol. The molecule has 1 heterocycles. The predicted molar refractivity (Wildman–Crippen MR) is 60.5 cm³/mol. The van der Waals surface area contributed by atoms with Crippen LogP contribution in [0.4, 0.5) is 0 Å². The van der Waals surface area contributed by atoms with Gasteiger partial charge in [-0.05, 0) is 12.0 Å². The van der Waals surface area contributed by atoms with E-state index in [1.54, 1.807) is 12.5 Å². The van der Waals surface area contributed by atoms with Gasteiger partial charge in [0.1, 0.15) is 5.69 Å². The number of rotatable bonds is 3. The summed E-state index contributed by atoms with van der Waals surface area (Å²) in [6.45, 7) is 0. The van der Waals surface area contributed by atoms with Gasteiger partial charge in [0.25, 0.3) is 0 Å². The number of imidazole rings is 1. The quantitative estimate of drug-likeness (QED) is 0.732. The predicted octanol–water partition coefficient (Wildman–Crippen LogP) is 2.42. The molecule has 0 radical (unpaired) electrons. The van der Waals surface area contributed by atoms with Gasteiger partial charge >= 0.3 is 0 Å². The standard InChI is InChI=1S/C13H12N2O/c16-8-11-7-14-9-15(11)13-6-12(13)10-4-2-1-3-5-10/h1-5,7-9,12-13H,6H2. The number of carbonyl (C=O) groups is 1. The van der Waals surface area contributed by atoms with Crippen LogP contribution in [0.1, 0.15) is 34.4 Å². The van der Waals surface area contributed by atoms with Gasteiger partial charge in [-0.15, -0.1) is 0 Å².